The molecule has 0 bridgehead atoms. The Morgan fingerprint density at radius 3 is 2.38 bits per heavy atom. The summed E-state index contributed by atoms with van der Waals surface area (Å²) in [5, 5.41) is 5.93. The Bertz CT molecular complexity index is 334. The van der Waals surface area contributed by atoms with Gasteiger partial charge in [-0.25, -0.2) is 4.79 Å². The third-order valence-corrected chi connectivity index (χ3v) is 3.17. The number of alkyl carbamates (subject to hydrolysis) is 1. The van der Waals surface area contributed by atoms with Crippen LogP contribution in [0.2, 0.25) is 0 Å². The number of carbonyl (C=O) groups excluding carboxylic acids is 2. The van der Waals surface area contributed by atoms with Gasteiger partial charge in [-0.2, -0.15) is 0 Å². The van der Waals surface area contributed by atoms with Crippen molar-refractivity contribution in [3.63, 3.8) is 0 Å². The second-order valence-electron chi connectivity index (χ2n) is 6.37. The Labute approximate surface area is 127 Å². The summed E-state index contributed by atoms with van der Waals surface area (Å²) < 4.78 is 5.13. The van der Waals surface area contributed by atoms with Crippen molar-refractivity contribution in [3.05, 3.63) is 0 Å². The van der Waals surface area contributed by atoms with Gasteiger partial charge in [0.25, 0.3) is 0 Å². The van der Waals surface area contributed by atoms with Crippen molar-refractivity contribution in [1.82, 2.24) is 15.5 Å². The van der Waals surface area contributed by atoms with Gasteiger partial charge < -0.3 is 20.3 Å². The van der Waals surface area contributed by atoms with Crippen molar-refractivity contribution in [2.75, 3.05) is 32.7 Å². The summed E-state index contributed by atoms with van der Waals surface area (Å²) in [5.74, 6) is 0.242. The van der Waals surface area contributed by atoms with Crippen molar-refractivity contribution in [3.8, 4) is 0 Å². The molecule has 1 aliphatic rings. The fourth-order valence-electron chi connectivity index (χ4n) is 2.16. The second kappa shape index (κ2) is 8.87. The number of nitrogens with one attached hydrogen (secondary N) is 2. The molecule has 2 N–H and O–H groups in total. The van der Waals surface area contributed by atoms with Gasteiger partial charge in [0.15, 0.2) is 0 Å². The van der Waals surface area contributed by atoms with Gasteiger partial charge in [-0.1, -0.05) is 0 Å². The van der Waals surface area contributed by atoms with E-state index in [0.717, 1.165) is 38.9 Å². The highest BCUT2D eigenvalue weighted by atomic mass is 16.6. The molecule has 0 atom stereocenters. The monoisotopic (exact) mass is 299 g/mol. The van der Waals surface area contributed by atoms with E-state index < -0.39 is 5.60 Å². The zero-order valence-electron chi connectivity index (χ0n) is 13.5. The normalized spacial score (nSPS) is 15.1. The van der Waals surface area contributed by atoms with Gasteiger partial charge in [-0.05, 0) is 46.6 Å². The van der Waals surface area contributed by atoms with Crippen molar-refractivity contribution >= 4 is 12.0 Å². The van der Waals surface area contributed by atoms with Gasteiger partial charge in [0.2, 0.25) is 5.91 Å². The standard InChI is InChI=1S/C15H29N3O3/c1-15(2,3)21-14(20)17-9-6-8-16-10-7-13(19)18-11-4-5-12-18/h16H,4-12H2,1-3H3,(H,17,20). The first-order chi connectivity index (χ1) is 9.88. The van der Waals surface area contributed by atoms with Crippen molar-refractivity contribution in [2.24, 2.45) is 0 Å². The fraction of sp³-hybridized carbons (Fsp3) is 0.867. The summed E-state index contributed by atoms with van der Waals surface area (Å²) in [7, 11) is 0. The lowest BCUT2D eigenvalue weighted by molar-refractivity contribution is -0.130. The van der Waals surface area contributed by atoms with Crippen LogP contribution in [0.4, 0.5) is 4.79 Å². The van der Waals surface area contributed by atoms with Crippen LogP contribution >= 0.6 is 0 Å². The van der Waals surface area contributed by atoms with Crippen LogP contribution in [0, 0.1) is 0 Å². The Hall–Kier alpha value is -1.30. The number of hydrogen-bond donors (Lipinski definition) is 2. The molecule has 0 aliphatic carbocycles. The van der Waals surface area contributed by atoms with Gasteiger partial charge in [0.1, 0.15) is 5.60 Å². The molecule has 0 spiro atoms. The minimum absolute atomic E-state index is 0.242. The van der Waals surface area contributed by atoms with Crippen LogP contribution in [0.1, 0.15) is 46.5 Å². The van der Waals surface area contributed by atoms with Crippen LogP contribution in [0.25, 0.3) is 0 Å². The van der Waals surface area contributed by atoms with E-state index in [1.165, 1.54) is 0 Å². The first-order valence-electron chi connectivity index (χ1n) is 7.84. The van der Waals surface area contributed by atoms with E-state index in [2.05, 4.69) is 10.6 Å². The van der Waals surface area contributed by atoms with Crippen molar-refractivity contribution < 1.29 is 14.3 Å². The summed E-state index contributed by atoms with van der Waals surface area (Å²) in [6, 6.07) is 0. The summed E-state index contributed by atoms with van der Waals surface area (Å²) in [5.41, 5.74) is -0.460. The van der Waals surface area contributed by atoms with Crippen LogP contribution in [0.15, 0.2) is 0 Å². The first-order valence-corrected chi connectivity index (χ1v) is 7.84. The van der Waals surface area contributed by atoms with Gasteiger partial charge in [0, 0.05) is 32.6 Å². The minimum Gasteiger partial charge on any atom is -0.444 e. The second-order valence-corrected chi connectivity index (χ2v) is 6.37. The number of hydrogen-bond acceptors (Lipinski definition) is 4. The molecular formula is C15H29N3O3. The minimum atomic E-state index is -0.460. The summed E-state index contributed by atoms with van der Waals surface area (Å²) in [6.45, 7) is 9.40. The number of likely N-dealkylation sites (tertiary alicyclic amines) is 1. The van der Waals surface area contributed by atoms with Crippen molar-refractivity contribution in [2.45, 2.75) is 52.1 Å². The summed E-state index contributed by atoms with van der Waals surface area (Å²) in [6.07, 6.45) is 3.26. The molecule has 6 heteroatoms. The quantitative estimate of drug-likeness (QED) is 0.699. The molecule has 2 amide bonds. The fourth-order valence-corrected chi connectivity index (χ4v) is 2.16. The Balaban J connectivity index is 1.92. The molecule has 1 aliphatic heterocycles. The van der Waals surface area contributed by atoms with E-state index in [0.29, 0.717) is 19.5 Å². The average molecular weight is 299 g/mol. The molecular weight excluding hydrogens is 270 g/mol. The van der Waals surface area contributed by atoms with E-state index in [9.17, 15) is 9.59 Å². The third kappa shape index (κ3) is 8.55. The van der Waals surface area contributed by atoms with Crippen LogP contribution in [0.3, 0.4) is 0 Å². The number of carbonyl (C=O) groups is 2. The molecule has 1 saturated heterocycles. The van der Waals surface area contributed by atoms with Crippen LogP contribution in [-0.4, -0.2) is 55.2 Å². The number of rotatable bonds is 7. The topological polar surface area (TPSA) is 70.7 Å². The van der Waals surface area contributed by atoms with Crippen LogP contribution in [-0.2, 0) is 9.53 Å². The van der Waals surface area contributed by atoms with E-state index in [-0.39, 0.29) is 12.0 Å². The molecule has 21 heavy (non-hydrogen) atoms. The Morgan fingerprint density at radius 2 is 1.76 bits per heavy atom. The number of nitrogens with zero attached hydrogens (tertiary/aromatic N) is 1. The van der Waals surface area contributed by atoms with E-state index in [4.69, 9.17) is 4.74 Å². The maximum Gasteiger partial charge on any atom is 0.407 e. The molecule has 0 unspecified atom stereocenters. The molecule has 0 aromatic carbocycles. The first kappa shape index (κ1) is 17.8. The molecule has 6 nitrogen and oxygen atoms in total. The highest BCUT2D eigenvalue weighted by Gasteiger charge is 2.17. The molecule has 1 heterocycles. The predicted molar refractivity (Wildman–Crippen MR) is 82.2 cm³/mol. The van der Waals surface area contributed by atoms with E-state index in [1.807, 2.05) is 25.7 Å². The molecule has 1 fully saturated rings. The van der Waals surface area contributed by atoms with Crippen LogP contribution in [0.5, 0.6) is 0 Å². The summed E-state index contributed by atoms with van der Waals surface area (Å²) in [4.78, 5) is 25.1. The lowest BCUT2D eigenvalue weighted by Gasteiger charge is -2.19. The number of amides is 2. The predicted octanol–water partition coefficient (Wildman–Crippen LogP) is 1.50. The average Bonchev–Trinajstić information content (AvgIpc) is 2.89. The maximum absolute atomic E-state index is 11.8. The molecule has 0 aromatic rings. The zero-order chi connectivity index (χ0) is 15.7. The SMILES string of the molecule is CC(C)(C)OC(=O)NCCCNCCC(=O)N1CCCC1. The lowest BCUT2D eigenvalue weighted by atomic mass is 10.2. The largest absolute Gasteiger partial charge is 0.444 e. The molecule has 0 aromatic heterocycles. The van der Waals surface area contributed by atoms with Gasteiger partial charge in [-0.15, -0.1) is 0 Å². The molecule has 0 saturated carbocycles. The molecule has 122 valence electrons. The lowest BCUT2D eigenvalue weighted by Crippen LogP contribution is -2.34. The molecule has 1 rings (SSSR count). The zero-order valence-corrected chi connectivity index (χ0v) is 13.5. The number of ether oxygens (including phenoxy) is 1. The summed E-state index contributed by atoms with van der Waals surface area (Å²) >= 11 is 0. The van der Waals surface area contributed by atoms with E-state index in [1.54, 1.807) is 0 Å². The van der Waals surface area contributed by atoms with Crippen molar-refractivity contribution in [1.29, 1.82) is 0 Å². The van der Waals surface area contributed by atoms with Gasteiger partial charge in [0.05, 0.1) is 0 Å². The van der Waals surface area contributed by atoms with Crippen LogP contribution < -0.4 is 10.6 Å². The highest BCUT2D eigenvalue weighted by Crippen LogP contribution is 2.08. The van der Waals surface area contributed by atoms with Gasteiger partial charge >= 0.3 is 6.09 Å². The van der Waals surface area contributed by atoms with Gasteiger partial charge in [-0.3, -0.25) is 4.79 Å². The van der Waals surface area contributed by atoms with E-state index >= 15 is 0 Å². The Kier molecular flexibility index (Phi) is 7.50. The maximum atomic E-state index is 11.8. The smallest absolute Gasteiger partial charge is 0.407 e. The highest BCUT2D eigenvalue weighted by molar-refractivity contribution is 5.76. The third-order valence-electron chi connectivity index (χ3n) is 3.17. The molecule has 0 radical (unpaired) electrons. The Morgan fingerprint density at radius 1 is 1.10 bits per heavy atom.